The average molecular weight is 359 g/mol. The lowest BCUT2D eigenvalue weighted by atomic mass is 10.1. The number of nitrogens with zero attached hydrogens (tertiary/aromatic N) is 4. The molecule has 4 aromatic rings. The first-order valence-electron chi connectivity index (χ1n) is 7.86. The Labute approximate surface area is 153 Å². The lowest BCUT2D eigenvalue weighted by Gasteiger charge is -2.08. The minimum Gasteiger partial charge on any atom is -0.489 e. The summed E-state index contributed by atoms with van der Waals surface area (Å²) in [6.07, 6.45) is 1.80. The molecule has 0 spiro atoms. The molecular weight excluding hydrogens is 346 g/mol. The molecule has 0 aliphatic rings. The average Bonchev–Trinajstić information content (AvgIpc) is 3.38. The third-order valence-corrected chi connectivity index (χ3v) is 4.62. The second kappa shape index (κ2) is 7.17. The van der Waals surface area contributed by atoms with Crippen LogP contribution in [0.4, 0.5) is 0 Å². The van der Waals surface area contributed by atoms with Gasteiger partial charge in [-0.2, -0.15) is 15.6 Å². The fraction of sp³-hybridized carbons (Fsp3) is 0.0526. The van der Waals surface area contributed by atoms with Crippen molar-refractivity contribution in [1.29, 1.82) is 5.26 Å². The number of ether oxygens (including phenoxy) is 1. The molecule has 0 fully saturated rings. The monoisotopic (exact) mass is 359 g/mol. The van der Waals surface area contributed by atoms with Crippen molar-refractivity contribution in [2.24, 2.45) is 0 Å². The van der Waals surface area contributed by atoms with Crippen molar-refractivity contribution in [2.75, 3.05) is 0 Å². The van der Waals surface area contributed by atoms with Gasteiger partial charge in [-0.05, 0) is 17.7 Å². The summed E-state index contributed by atoms with van der Waals surface area (Å²) in [6, 6.07) is 17.6. The Morgan fingerprint density at radius 2 is 1.96 bits per heavy atom. The molecule has 7 heteroatoms. The zero-order chi connectivity index (χ0) is 17.8. The van der Waals surface area contributed by atoms with E-state index in [1.807, 2.05) is 60.0 Å². The second-order valence-electron chi connectivity index (χ2n) is 5.48. The van der Waals surface area contributed by atoms with E-state index in [4.69, 9.17) is 10.00 Å². The van der Waals surface area contributed by atoms with Gasteiger partial charge in [-0.15, -0.1) is 16.4 Å². The molecule has 126 valence electrons. The largest absolute Gasteiger partial charge is 0.489 e. The summed E-state index contributed by atoms with van der Waals surface area (Å²) in [4.78, 5) is 4.31. The molecule has 0 aliphatic carbocycles. The van der Waals surface area contributed by atoms with Crippen molar-refractivity contribution in [3.8, 4) is 33.6 Å². The summed E-state index contributed by atoms with van der Waals surface area (Å²) in [6.45, 7) is 0.450. The molecule has 2 aromatic heterocycles. The molecule has 0 aliphatic heterocycles. The van der Waals surface area contributed by atoms with Crippen LogP contribution in [0, 0.1) is 11.3 Å². The van der Waals surface area contributed by atoms with Gasteiger partial charge < -0.3 is 4.74 Å². The summed E-state index contributed by atoms with van der Waals surface area (Å²) in [5, 5.41) is 22.4. The number of nitriles is 1. The van der Waals surface area contributed by atoms with Crippen molar-refractivity contribution in [3.63, 3.8) is 0 Å². The van der Waals surface area contributed by atoms with Crippen LogP contribution in [-0.2, 0) is 6.61 Å². The summed E-state index contributed by atoms with van der Waals surface area (Å²) in [7, 11) is 0. The highest BCUT2D eigenvalue weighted by Crippen LogP contribution is 2.25. The van der Waals surface area contributed by atoms with Gasteiger partial charge in [-0.1, -0.05) is 36.4 Å². The summed E-state index contributed by atoms with van der Waals surface area (Å²) >= 11 is 1.62. The fourth-order valence-electron chi connectivity index (χ4n) is 2.52. The molecule has 2 heterocycles. The van der Waals surface area contributed by atoms with Crippen LogP contribution >= 0.6 is 11.3 Å². The van der Waals surface area contributed by atoms with Gasteiger partial charge in [0.25, 0.3) is 0 Å². The zero-order valence-electron chi connectivity index (χ0n) is 13.6. The Morgan fingerprint density at radius 3 is 2.73 bits per heavy atom. The van der Waals surface area contributed by atoms with E-state index < -0.39 is 0 Å². The number of H-pyrrole nitrogens is 1. The lowest BCUT2D eigenvalue weighted by molar-refractivity contribution is 0.306. The van der Waals surface area contributed by atoms with Gasteiger partial charge in [0.1, 0.15) is 29.1 Å². The summed E-state index contributed by atoms with van der Waals surface area (Å²) in [5.74, 6) is 0.707. The third kappa shape index (κ3) is 3.31. The molecule has 6 nitrogen and oxygen atoms in total. The topological polar surface area (TPSA) is 87.5 Å². The van der Waals surface area contributed by atoms with Crippen molar-refractivity contribution in [3.05, 3.63) is 71.4 Å². The van der Waals surface area contributed by atoms with E-state index in [-0.39, 0.29) is 5.69 Å². The number of benzene rings is 2. The maximum atomic E-state index is 9.07. The Balaban J connectivity index is 1.47. The van der Waals surface area contributed by atoms with Crippen LogP contribution in [-0.4, -0.2) is 20.4 Å². The van der Waals surface area contributed by atoms with Gasteiger partial charge >= 0.3 is 0 Å². The highest BCUT2D eigenvalue weighted by molar-refractivity contribution is 7.13. The Morgan fingerprint density at radius 1 is 1.08 bits per heavy atom. The smallest absolute Gasteiger partial charge is 0.190 e. The molecule has 0 saturated carbocycles. The van der Waals surface area contributed by atoms with Crippen molar-refractivity contribution >= 4 is 11.3 Å². The van der Waals surface area contributed by atoms with E-state index in [0.717, 1.165) is 21.7 Å². The van der Waals surface area contributed by atoms with E-state index in [0.29, 0.717) is 18.1 Å². The highest BCUT2D eigenvalue weighted by Gasteiger charge is 2.10. The number of thiazole rings is 1. The zero-order valence-corrected chi connectivity index (χ0v) is 14.4. The molecule has 1 N–H and O–H groups in total. The maximum absolute atomic E-state index is 9.07. The standard InChI is InChI=1S/C19H13N5OS/c20-11-17-18(23-24-22-17)15-2-1-3-16(10-15)25-12-13-4-6-14(7-5-13)19-21-8-9-26-19/h1-10H,12H2,(H,22,23,24). The third-order valence-electron chi connectivity index (χ3n) is 3.80. The summed E-state index contributed by atoms with van der Waals surface area (Å²) in [5.41, 5.74) is 3.73. The Kier molecular flexibility index (Phi) is 4.41. The number of aromatic amines is 1. The van der Waals surface area contributed by atoms with Crippen LogP contribution in [0.1, 0.15) is 11.3 Å². The van der Waals surface area contributed by atoms with Gasteiger partial charge in [0.05, 0.1) is 0 Å². The van der Waals surface area contributed by atoms with Gasteiger partial charge in [0.2, 0.25) is 0 Å². The Hall–Kier alpha value is -3.50. The van der Waals surface area contributed by atoms with Gasteiger partial charge in [-0.3, -0.25) is 0 Å². The van der Waals surface area contributed by atoms with Crippen LogP contribution in [0.15, 0.2) is 60.1 Å². The summed E-state index contributed by atoms with van der Waals surface area (Å²) < 4.78 is 5.88. The number of aromatic nitrogens is 4. The minimum atomic E-state index is 0.264. The predicted molar refractivity (Wildman–Crippen MR) is 98.4 cm³/mol. The molecule has 0 atom stereocenters. The van der Waals surface area contributed by atoms with Crippen LogP contribution < -0.4 is 4.74 Å². The lowest BCUT2D eigenvalue weighted by Crippen LogP contribution is -1.95. The van der Waals surface area contributed by atoms with Crippen molar-refractivity contribution < 1.29 is 4.74 Å². The first kappa shape index (κ1) is 16.0. The van der Waals surface area contributed by atoms with Crippen LogP contribution in [0.3, 0.4) is 0 Å². The van der Waals surface area contributed by atoms with Crippen LogP contribution in [0.5, 0.6) is 5.75 Å². The van der Waals surface area contributed by atoms with E-state index in [1.54, 1.807) is 17.5 Å². The maximum Gasteiger partial charge on any atom is 0.190 e. The first-order valence-corrected chi connectivity index (χ1v) is 8.74. The van der Waals surface area contributed by atoms with Crippen molar-refractivity contribution in [1.82, 2.24) is 20.4 Å². The van der Waals surface area contributed by atoms with E-state index in [2.05, 4.69) is 20.4 Å². The minimum absolute atomic E-state index is 0.264. The number of hydrogen-bond donors (Lipinski definition) is 1. The SMILES string of the molecule is N#Cc1n[nH]nc1-c1cccc(OCc2ccc(-c3nccs3)cc2)c1. The molecule has 0 radical (unpaired) electrons. The van der Waals surface area contributed by atoms with E-state index >= 15 is 0 Å². The van der Waals surface area contributed by atoms with E-state index in [9.17, 15) is 0 Å². The van der Waals surface area contributed by atoms with Crippen LogP contribution in [0.25, 0.3) is 21.8 Å². The fourth-order valence-corrected chi connectivity index (χ4v) is 3.16. The van der Waals surface area contributed by atoms with Crippen LogP contribution in [0.2, 0.25) is 0 Å². The predicted octanol–water partition coefficient (Wildman–Crippen LogP) is 4.05. The second-order valence-corrected chi connectivity index (χ2v) is 6.38. The molecule has 0 unspecified atom stereocenters. The first-order chi connectivity index (χ1) is 12.8. The quantitative estimate of drug-likeness (QED) is 0.581. The normalized spacial score (nSPS) is 10.4. The highest BCUT2D eigenvalue weighted by atomic mass is 32.1. The van der Waals surface area contributed by atoms with Gasteiger partial charge in [0.15, 0.2) is 5.69 Å². The molecule has 2 aromatic carbocycles. The van der Waals surface area contributed by atoms with Gasteiger partial charge in [0, 0.05) is 22.7 Å². The molecule has 0 amide bonds. The van der Waals surface area contributed by atoms with Crippen molar-refractivity contribution in [2.45, 2.75) is 6.61 Å². The number of nitrogens with one attached hydrogen (secondary N) is 1. The molecular formula is C19H13N5OS. The van der Waals surface area contributed by atoms with E-state index in [1.165, 1.54) is 0 Å². The Bertz CT molecular complexity index is 1050. The molecule has 0 saturated heterocycles. The molecule has 4 rings (SSSR count). The molecule has 26 heavy (non-hydrogen) atoms. The number of hydrogen-bond acceptors (Lipinski definition) is 6. The molecule has 0 bridgehead atoms. The number of rotatable bonds is 5. The van der Waals surface area contributed by atoms with Gasteiger partial charge in [-0.25, -0.2) is 4.98 Å².